The number of carbonyl (C=O) groups is 1. The van der Waals surface area contributed by atoms with E-state index in [0.29, 0.717) is 17.5 Å². The third kappa shape index (κ3) is 3.39. The van der Waals surface area contributed by atoms with Crippen LogP contribution in [-0.2, 0) is 10.8 Å². The number of carbonyl (C=O) groups excluding carboxylic acids is 1. The SMILES string of the molecule is CNC(=O)c1cc2c(c(F)c1Br)CCC2O[Si](C)(C)C(C)(C)C. The summed E-state index contributed by atoms with van der Waals surface area (Å²) in [5, 5.41) is 2.65. The summed E-state index contributed by atoms with van der Waals surface area (Å²) in [5.41, 5.74) is 1.83. The summed E-state index contributed by atoms with van der Waals surface area (Å²) in [6, 6.07) is 1.78. The summed E-state index contributed by atoms with van der Waals surface area (Å²) in [6.45, 7) is 11.0. The molecule has 1 amide bonds. The summed E-state index contributed by atoms with van der Waals surface area (Å²) in [4.78, 5) is 12.0. The zero-order chi connectivity index (χ0) is 17.6. The minimum atomic E-state index is -1.96. The summed E-state index contributed by atoms with van der Waals surface area (Å²) < 4.78 is 21.3. The van der Waals surface area contributed by atoms with Crippen molar-refractivity contribution in [2.45, 2.75) is 57.8 Å². The molecular formula is C17H25BrFNO2Si. The molecule has 6 heteroatoms. The molecule has 0 saturated heterocycles. The summed E-state index contributed by atoms with van der Waals surface area (Å²) in [5.74, 6) is -0.626. The normalized spacial score (nSPS) is 18.0. The number of halogens is 2. The molecule has 23 heavy (non-hydrogen) atoms. The largest absolute Gasteiger partial charge is 0.410 e. The van der Waals surface area contributed by atoms with Crippen LogP contribution in [0.15, 0.2) is 10.5 Å². The van der Waals surface area contributed by atoms with Gasteiger partial charge in [-0.2, -0.15) is 0 Å². The molecule has 1 aliphatic carbocycles. The monoisotopic (exact) mass is 401 g/mol. The minimum absolute atomic E-state index is 0.0906. The van der Waals surface area contributed by atoms with Gasteiger partial charge >= 0.3 is 0 Å². The van der Waals surface area contributed by atoms with Crippen LogP contribution in [0.4, 0.5) is 4.39 Å². The predicted molar refractivity (Wildman–Crippen MR) is 96.8 cm³/mol. The van der Waals surface area contributed by atoms with Gasteiger partial charge in [-0.05, 0) is 64.1 Å². The molecule has 0 saturated carbocycles. The first-order valence-electron chi connectivity index (χ1n) is 7.90. The summed E-state index contributed by atoms with van der Waals surface area (Å²) in [7, 11) is -0.412. The fourth-order valence-electron chi connectivity index (χ4n) is 2.61. The fraction of sp³-hybridized carbons (Fsp3) is 0.588. The molecule has 1 N–H and O–H groups in total. The van der Waals surface area contributed by atoms with Crippen molar-refractivity contribution < 1.29 is 13.6 Å². The molecule has 0 aromatic heterocycles. The number of fused-ring (bicyclic) bond motifs is 1. The molecule has 128 valence electrons. The molecule has 0 radical (unpaired) electrons. The molecule has 1 unspecified atom stereocenters. The van der Waals surface area contributed by atoms with E-state index in [2.05, 4.69) is 55.1 Å². The van der Waals surface area contributed by atoms with Crippen LogP contribution >= 0.6 is 15.9 Å². The third-order valence-corrected chi connectivity index (χ3v) is 10.3. The van der Waals surface area contributed by atoms with Gasteiger partial charge in [0.15, 0.2) is 8.32 Å². The van der Waals surface area contributed by atoms with Gasteiger partial charge in [-0.25, -0.2) is 4.39 Å². The second-order valence-electron chi connectivity index (χ2n) is 7.60. The summed E-state index contributed by atoms with van der Waals surface area (Å²) >= 11 is 3.22. The van der Waals surface area contributed by atoms with Crippen LogP contribution in [0.1, 0.15) is 54.8 Å². The van der Waals surface area contributed by atoms with Gasteiger partial charge in [-0.3, -0.25) is 4.79 Å². The van der Waals surface area contributed by atoms with Gasteiger partial charge in [0.05, 0.1) is 16.1 Å². The van der Waals surface area contributed by atoms with Gasteiger partial charge < -0.3 is 9.74 Å². The molecule has 3 nitrogen and oxygen atoms in total. The lowest BCUT2D eigenvalue weighted by molar-refractivity contribution is 0.0961. The van der Waals surface area contributed by atoms with Crippen molar-refractivity contribution in [2.75, 3.05) is 7.05 Å². The van der Waals surface area contributed by atoms with Gasteiger partial charge in [0.25, 0.3) is 5.91 Å². The highest BCUT2D eigenvalue weighted by Gasteiger charge is 2.41. The van der Waals surface area contributed by atoms with E-state index in [1.165, 1.54) is 0 Å². The van der Waals surface area contributed by atoms with E-state index in [0.717, 1.165) is 12.0 Å². The average molecular weight is 402 g/mol. The molecule has 0 aliphatic heterocycles. The maximum atomic E-state index is 14.6. The first-order valence-corrected chi connectivity index (χ1v) is 11.6. The van der Waals surface area contributed by atoms with Crippen LogP contribution in [0.3, 0.4) is 0 Å². The lowest BCUT2D eigenvalue weighted by Crippen LogP contribution is -2.41. The van der Waals surface area contributed by atoms with Crippen molar-refractivity contribution in [2.24, 2.45) is 0 Å². The third-order valence-electron chi connectivity index (χ3n) is 5.06. The molecule has 1 atom stereocenters. The lowest BCUT2D eigenvalue weighted by atomic mass is 10.0. The standard InChI is InChI=1S/C17H25BrFNO2Si/c1-17(2,3)23(5,6)22-13-8-7-10-11(13)9-12(16(21)20-4)14(18)15(10)19/h9,13H,7-8H2,1-6H3,(H,20,21). The van der Waals surface area contributed by atoms with E-state index in [9.17, 15) is 9.18 Å². The highest BCUT2D eigenvalue weighted by molar-refractivity contribution is 9.10. The number of rotatable bonds is 3. The second-order valence-corrected chi connectivity index (χ2v) is 13.2. The number of amides is 1. The van der Waals surface area contributed by atoms with Crippen molar-refractivity contribution in [3.8, 4) is 0 Å². The molecule has 1 aliphatic rings. The van der Waals surface area contributed by atoms with Crippen LogP contribution in [0.2, 0.25) is 18.1 Å². The highest BCUT2D eigenvalue weighted by Crippen LogP contribution is 2.45. The van der Waals surface area contributed by atoms with Crippen LogP contribution < -0.4 is 5.32 Å². The smallest absolute Gasteiger partial charge is 0.252 e. The Hall–Kier alpha value is -0.723. The minimum Gasteiger partial charge on any atom is -0.410 e. The van der Waals surface area contributed by atoms with Gasteiger partial charge in [0.1, 0.15) is 5.82 Å². The maximum absolute atomic E-state index is 14.6. The molecular weight excluding hydrogens is 377 g/mol. The lowest BCUT2D eigenvalue weighted by Gasteiger charge is -2.38. The van der Waals surface area contributed by atoms with Crippen LogP contribution in [-0.4, -0.2) is 21.3 Å². The number of hydrogen-bond donors (Lipinski definition) is 1. The molecule has 2 rings (SSSR count). The van der Waals surface area contributed by atoms with Crippen molar-refractivity contribution in [3.63, 3.8) is 0 Å². The van der Waals surface area contributed by atoms with Crippen molar-refractivity contribution in [3.05, 3.63) is 33.0 Å². The second kappa shape index (κ2) is 6.30. The predicted octanol–water partition coefficient (Wildman–Crippen LogP) is 4.96. The van der Waals surface area contributed by atoms with Crippen molar-refractivity contribution in [1.29, 1.82) is 0 Å². The molecule has 1 aromatic rings. The van der Waals surface area contributed by atoms with E-state index in [1.807, 2.05) is 0 Å². The zero-order valence-corrected chi connectivity index (χ0v) is 17.2. The summed E-state index contributed by atoms with van der Waals surface area (Å²) in [6.07, 6.45) is 1.28. The van der Waals surface area contributed by atoms with Gasteiger partial charge in [-0.1, -0.05) is 20.8 Å². The van der Waals surface area contributed by atoms with Gasteiger partial charge in [0.2, 0.25) is 0 Å². The van der Waals surface area contributed by atoms with E-state index < -0.39 is 8.32 Å². The molecule has 0 heterocycles. The number of hydrogen-bond acceptors (Lipinski definition) is 2. The Balaban J connectivity index is 2.43. The Labute approximate surface area is 147 Å². The van der Waals surface area contributed by atoms with E-state index in [1.54, 1.807) is 13.1 Å². The number of nitrogens with one attached hydrogen (secondary N) is 1. The Morgan fingerprint density at radius 3 is 2.57 bits per heavy atom. The first-order chi connectivity index (χ1) is 10.5. The van der Waals surface area contributed by atoms with Crippen LogP contribution in [0.5, 0.6) is 0 Å². The van der Waals surface area contributed by atoms with Crippen molar-refractivity contribution >= 4 is 30.2 Å². The Morgan fingerprint density at radius 2 is 2.04 bits per heavy atom. The highest BCUT2D eigenvalue weighted by atomic mass is 79.9. The Morgan fingerprint density at radius 1 is 1.43 bits per heavy atom. The van der Waals surface area contributed by atoms with Gasteiger partial charge in [0, 0.05) is 7.05 Å². The molecule has 0 spiro atoms. The van der Waals surface area contributed by atoms with E-state index in [-0.39, 0.29) is 27.3 Å². The molecule has 1 aromatic carbocycles. The van der Waals surface area contributed by atoms with Crippen LogP contribution in [0.25, 0.3) is 0 Å². The molecule has 0 bridgehead atoms. The van der Waals surface area contributed by atoms with Crippen LogP contribution in [0, 0.1) is 5.82 Å². The Bertz CT molecular complexity index is 640. The zero-order valence-electron chi connectivity index (χ0n) is 14.6. The maximum Gasteiger partial charge on any atom is 0.252 e. The van der Waals surface area contributed by atoms with E-state index in [4.69, 9.17) is 4.43 Å². The van der Waals surface area contributed by atoms with Crippen molar-refractivity contribution in [1.82, 2.24) is 5.32 Å². The first kappa shape index (κ1) is 18.6. The topological polar surface area (TPSA) is 38.3 Å². The average Bonchev–Trinajstić information content (AvgIpc) is 2.83. The molecule has 0 fully saturated rings. The Kier molecular flexibility index (Phi) is 5.09. The fourth-order valence-corrected chi connectivity index (χ4v) is 4.45. The number of benzene rings is 1. The quantitative estimate of drug-likeness (QED) is 0.726. The van der Waals surface area contributed by atoms with Gasteiger partial charge in [-0.15, -0.1) is 0 Å². The van der Waals surface area contributed by atoms with E-state index >= 15 is 0 Å².